The van der Waals surface area contributed by atoms with E-state index in [1.807, 2.05) is 0 Å². The molecule has 0 radical (unpaired) electrons. The van der Waals surface area contributed by atoms with Crippen molar-refractivity contribution in [2.45, 2.75) is 74.9 Å². The van der Waals surface area contributed by atoms with Crippen LogP contribution in [0.4, 0.5) is 0 Å². The fourth-order valence-electron chi connectivity index (χ4n) is 6.06. The van der Waals surface area contributed by atoms with Crippen LogP contribution < -0.4 is 16.2 Å². The predicted octanol–water partition coefficient (Wildman–Crippen LogP) is 2.74. The van der Waals surface area contributed by atoms with E-state index >= 15 is 0 Å². The first-order chi connectivity index (χ1) is 14.9. The van der Waals surface area contributed by atoms with Gasteiger partial charge in [-0.2, -0.15) is 0 Å². The lowest BCUT2D eigenvalue weighted by molar-refractivity contribution is -0.141. The summed E-state index contributed by atoms with van der Waals surface area (Å²) >= 11 is 0. The maximum atomic E-state index is 12.9. The largest absolute Gasteiger partial charge is 0.353 e. The van der Waals surface area contributed by atoms with E-state index in [4.69, 9.17) is 0 Å². The second kappa shape index (κ2) is 9.00. The minimum atomic E-state index is -0.452. The van der Waals surface area contributed by atoms with Crippen LogP contribution in [0.15, 0.2) is 30.3 Å². The van der Waals surface area contributed by atoms with Crippen molar-refractivity contribution in [1.29, 1.82) is 0 Å². The molecular weight excluding hydrogens is 388 g/mol. The molecule has 6 nitrogen and oxygen atoms in total. The van der Waals surface area contributed by atoms with Crippen LogP contribution in [0.3, 0.4) is 0 Å². The first-order valence-corrected chi connectivity index (χ1v) is 11.9. The van der Waals surface area contributed by atoms with E-state index in [1.165, 1.54) is 24.8 Å². The highest BCUT2D eigenvalue weighted by Gasteiger charge is 2.50. The van der Waals surface area contributed by atoms with Gasteiger partial charge in [0.15, 0.2) is 0 Å². The van der Waals surface area contributed by atoms with E-state index in [0.717, 1.165) is 38.5 Å². The molecule has 4 rings (SSSR count). The minimum Gasteiger partial charge on any atom is -0.353 e. The van der Waals surface area contributed by atoms with Crippen molar-refractivity contribution < 1.29 is 9.59 Å². The fourth-order valence-corrected chi connectivity index (χ4v) is 6.06. The lowest BCUT2D eigenvalue weighted by atomic mass is 9.66. The smallest absolute Gasteiger partial charge is 0.287 e. The van der Waals surface area contributed by atoms with Gasteiger partial charge in [0.1, 0.15) is 0 Å². The van der Waals surface area contributed by atoms with Gasteiger partial charge in [0, 0.05) is 30.1 Å². The third kappa shape index (κ3) is 4.30. The number of nitrogens with one attached hydrogen (secondary N) is 3. The molecule has 6 heteroatoms. The third-order valence-electron chi connectivity index (χ3n) is 8.42. The normalized spacial score (nSPS) is 32.1. The van der Waals surface area contributed by atoms with Crippen LogP contribution in [0.25, 0.3) is 0 Å². The zero-order chi connectivity index (χ0) is 22.1. The monoisotopic (exact) mass is 426 g/mol. The van der Waals surface area contributed by atoms with E-state index < -0.39 is 5.91 Å². The van der Waals surface area contributed by atoms with Crippen LogP contribution in [0, 0.1) is 11.8 Å². The molecule has 2 atom stereocenters. The molecule has 1 aromatic rings. The van der Waals surface area contributed by atoms with Gasteiger partial charge in [-0.3, -0.25) is 25.3 Å². The molecule has 1 heterocycles. The number of rotatable bonds is 7. The maximum absolute atomic E-state index is 12.9. The highest BCUT2D eigenvalue weighted by atomic mass is 16.2. The molecule has 0 aromatic heterocycles. The van der Waals surface area contributed by atoms with Crippen molar-refractivity contribution in [3.8, 4) is 0 Å². The van der Waals surface area contributed by atoms with Gasteiger partial charge >= 0.3 is 0 Å². The number of carbonyl (C=O) groups excluding carboxylic acids is 2. The highest BCUT2D eigenvalue weighted by molar-refractivity contribution is 6.37. The van der Waals surface area contributed by atoms with E-state index in [-0.39, 0.29) is 28.8 Å². The Hall–Kier alpha value is -1.76. The molecule has 1 unspecified atom stereocenters. The van der Waals surface area contributed by atoms with Crippen LogP contribution >= 0.6 is 0 Å². The lowest BCUT2D eigenvalue weighted by Crippen LogP contribution is -2.53. The molecule has 1 saturated heterocycles. The molecule has 0 bridgehead atoms. The van der Waals surface area contributed by atoms with Crippen molar-refractivity contribution in [2.24, 2.45) is 11.8 Å². The average molecular weight is 427 g/mol. The Balaban J connectivity index is 1.47. The number of hydrogen-bond acceptors (Lipinski definition) is 5. The summed E-state index contributed by atoms with van der Waals surface area (Å²) in [5, 5.41) is 2.55. The topological polar surface area (TPSA) is 73.5 Å². The summed E-state index contributed by atoms with van der Waals surface area (Å²) in [6.07, 6.45) is 9.60. The standard InChI is InChI=1S/C25H38N4O2/c1-26-23(31)22(30)20(16-18-8-7-9-18)21-17-24(28-27-21)12-14-25(15-13-24,29(2)3)19-10-5-4-6-11-19/h4-6,10-11,18,20-21,27-28H,7-9,12-17H2,1-3H3,(H,26,31)/t20?,21-,24?,25?/m0/s1. The number of nitrogens with zero attached hydrogens (tertiary/aromatic N) is 1. The highest BCUT2D eigenvalue weighted by Crippen LogP contribution is 2.47. The molecule has 3 aliphatic rings. The van der Waals surface area contributed by atoms with E-state index in [1.54, 1.807) is 7.05 Å². The van der Waals surface area contributed by atoms with Crippen molar-refractivity contribution in [3.05, 3.63) is 35.9 Å². The van der Waals surface area contributed by atoms with E-state index in [9.17, 15) is 9.59 Å². The van der Waals surface area contributed by atoms with Crippen molar-refractivity contribution in [2.75, 3.05) is 21.1 Å². The predicted molar refractivity (Wildman–Crippen MR) is 122 cm³/mol. The van der Waals surface area contributed by atoms with Crippen molar-refractivity contribution in [3.63, 3.8) is 0 Å². The lowest BCUT2D eigenvalue weighted by Gasteiger charge is -2.49. The number of likely N-dealkylation sites (N-methyl/N-ethyl adjacent to an activating group) is 1. The molecule has 3 fully saturated rings. The van der Waals surface area contributed by atoms with Crippen LogP contribution in [0.2, 0.25) is 0 Å². The maximum Gasteiger partial charge on any atom is 0.287 e. The number of ketones is 1. The van der Waals surface area contributed by atoms with Gasteiger partial charge in [-0.05, 0) is 64.1 Å². The summed E-state index contributed by atoms with van der Waals surface area (Å²) in [6.45, 7) is 0. The summed E-state index contributed by atoms with van der Waals surface area (Å²) in [7, 11) is 5.92. The summed E-state index contributed by atoms with van der Waals surface area (Å²) in [4.78, 5) is 27.4. The van der Waals surface area contributed by atoms with E-state index in [2.05, 4.69) is 65.5 Å². The first kappa shape index (κ1) is 22.4. The third-order valence-corrected chi connectivity index (χ3v) is 8.42. The van der Waals surface area contributed by atoms with Crippen LogP contribution in [-0.2, 0) is 15.1 Å². The van der Waals surface area contributed by atoms with Gasteiger partial charge in [-0.1, -0.05) is 49.6 Å². The first-order valence-electron chi connectivity index (χ1n) is 11.9. The average Bonchev–Trinajstić information content (AvgIpc) is 3.16. The molecule has 2 aliphatic carbocycles. The Bertz CT molecular complexity index is 782. The molecule has 2 saturated carbocycles. The number of carbonyl (C=O) groups is 2. The second-order valence-corrected chi connectivity index (χ2v) is 10.2. The van der Waals surface area contributed by atoms with E-state index in [0.29, 0.717) is 5.92 Å². The Kier molecular flexibility index (Phi) is 6.52. The summed E-state index contributed by atoms with van der Waals surface area (Å²) < 4.78 is 0. The van der Waals surface area contributed by atoms with Gasteiger partial charge in [0.25, 0.3) is 5.91 Å². The Morgan fingerprint density at radius 2 is 1.81 bits per heavy atom. The summed E-state index contributed by atoms with van der Waals surface area (Å²) in [6, 6.07) is 10.9. The zero-order valence-corrected chi connectivity index (χ0v) is 19.2. The van der Waals surface area contributed by atoms with Gasteiger partial charge in [-0.15, -0.1) is 0 Å². The quantitative estimate of drug-likeness (QED) is 0.585. The SMILES string of the molecule is CNC(=O)C(=O)C(CC1CCC1)[C@@H]1CC2(CCC(c3ccccc3)(N(C)C)CC2)NN1. The molecule has 1 aliphatic heterocycles. The van der Waals surface area contributed by atoms with Crippen molar-refractivity contribution >= 4 is 11.7 Å². The van der Waals surface area contributed by atoms with Gasteiger partial charge < -0.3 is 5.32 Å². The van der Waals surface area contributed by atoms with Crippen LogP contribution in [0.1, 0.15) is 63.4 Å². The zero-order valence-electron chi connectivity index (χ0n) is 19.2. The molecule has 170 valence electrons. The van der Waals surface area contributed by atoms with Crippen molar-refractivity contribution in [1.82, 2.24) is 21.1 Å². The van der Waals surface area contributed by atoms with Gasteiger partial charge in [-0.25, -0.2) is 0 Å². The number of hydrazine groups is 1. The molecule has 1 spiro atoms. The Labute approximate surface area is 186 Å². The number of Topliss-reactive ketones (excluding diaryl/α,β-unsaturated/α-hetero) is 1. The number of benzene rings is 1. The summed E-state index contributed by atoms with van der Waals surface area (Å²) in [5.41, 5.74) is 8.50. The van der Waals surface area contributed by atoms with Crippen LogP contribution in [0.5, 0.6) is 0 Å². The fraction of sp³-hybridized carbons (Fsp3) is 0.680. The Morgan fingerprint density at radius 1 is 1.13 bits per heavy atom. The molecule has 3 N–H and O–H groups in total. The number of amides is 1. The second-order valence-electron chi connectivity index (χ2n) is 10.2. The van der Waals surface area contributed by atoms with Gasteiger partial charge in [0.2, 0.25) is 5.78 Å². The van der Waals surface area contributed by atoms with Gasteiger partial charge in [0.05, 0.1) is 0 Å². The Morgan fingerprint density at radius 3 is 2.35 bits per heavy atom. The van der Waals surface area contributed by atoms with Crippen LogP contribution in [-0.4, -0.2) is 49.3 Å². The summed E-state index contributed by atoms with van der Waals surface area (Å²) in [5.74, 6) is -0.366. The minimum absolute atomic E-state index is 0.000207. The number of hydrogen-bond donors (Lipinski definition) is 3. The molecule has 31 heavy (non-hydrogen) atoms. The molecular formula is C25H38N4O2. The molecule has 1 amide bonds. The molecule has 1 aromatic carbocycles.